The summed E-state index contributed by atoms with van der Waals surface area (Å²) in [4.78, 5) is 16.2. The van der Waals surface area contributed by atoms with Gasteiger partial charge in [0.2, 0.25) is 17.8 Å². The van der Waals surface area contributed by atoms with Crippen LogP contribution in [-0.4, -0.2) is 41.7 Å². The lowest BCUT2D eigenvalue weighted by Crippen LogP contribution is -2.22. The van der Waals surface area contributed by atoms with Gasteiger partial charge in [0.1, 0.15) is 5.75 Å². The van der Waals surface area contributed by atoms with Crippen LogP contribution >= 0.6 is 0 Å². The molecule has 0 saturated carbocycles. The fraction of sp³-hybridized carbons (Fsp3) is 0.500. The number of ether oxygens (including phenoxy) is 1. The Morgan fingerprint density at radius 1 is 0.966 bits per heavy atom. The molecule has 154 valence electrons. The highest BCUT2D eigenvalue weighted by molar-refractivity contribution is 5.57. The minimum atomic E-state index is 0.562. The summed E-state index contributed by atoms with van der Waals surface area (Å²) in [5.41, 5.74) is 2.47. The number of hydrogen-bond donors (Lipinski definition) is 2. The second-order valence-corrected chi connectivity index (χ2v) is 7.62. The van der Waals surface area contributed by atoms with E-state index in [1.807, 2.05) is 24.3 Å². The monoisotopic (exact) mass is 394 g/mol. The molecule has 1 aliphatic heterocycles. The molecular formula is C22H30N6O. The number of anilines is 4. The van der Waals surface area contributed by atoms with E-state index in [-0.39, 0.29) is 0 Å². The van der Waals surface area contributed by atoms with Gasteiger partial charge >= 0.3 is 0 Å². The smallest absolute Gasteiger partial charge is 0.233 e. The van der Waals surface area contributed by atoms with Crippen LogP contribution in [0.25, 0.3) is 0 Å². The molecule has 0 amide bonds. The molecule has 1 aromatic heterocycles. The molecule has 1 saturated heterocycles. The number of rotatable bonds is 8. The van der Waals surface area contributed by atoms with Gasteiger partial charge in [-0.3, -0.25) is 0 Å². The summed E-state index contributed by atoms with van der Waals surface area (Å²) in [6, 6.07) is 7.76. The predicted octanol–water partition coefficient (Wildman–Crippen LogP) is 4.53. The average molecular weight is 395 g/mol. The molecule has 0 radical (unpaired) electrons. The number of nitrogens with zero attached hydrogens (tertiary/aromatic N) is 4. The molecule has 0 spiro atoms. The summed E-state index contributed by atoms with van der Waals surface area (Å²) in [6.07, 6.45) is 10.9. The summed E-state index contributed by atoms with van der Waals surface area (Å²) in [7, 11) is 1.66. The minimum Gasteiger partial charge on any atom is -0.497 e. The fourth-order valence-electron chi connectivity index (χ4n) is 3.83. The number of methoxy groups -OCH3 is 1. The molecule has 7 nitrogen and oxygen atoms in total. The lowest BCUT2D eigenvalue weighted by molar-refractivity contribution is 0.415. The normalized spacial score (nSPS) is 16.4. The standard InChI is InChI=1S/C22H30N6O/c1-29-19-11-9-18(10-12-19)24-21-25-20(23-14-13-17-7-3-2-4-8-17)26-22(27-21)28-15-5-6-16-28/h7,9-12H,2-6,8,13-16H2,1H3,(H2,23,24,25,26,27). The molecule has 7 heteroatoms. The fourth-order valence-corrected chi connectivity index (χ4v) is 3.83. The Hall–Kier alpha value is -2.83. The van der Waals surface area contributed by atoms with Crippen molar-refractivity contribution < 1.29 is 4.74 Å². The van der Waals surface area contributed by atoms with Crippen molar-refractivity contribution in [2.45, 2.75) is 44.9 Å². The topological polar surface area (TPSA) is 75.2 Å². The molecule has 2 heterocycles. The van der Waals surface area contributed by atoms with Crippen LogP contribution in [0.3, 0.4) is 0 Å². The lowest BCUT2D eigenvalue weighted by Gasteiger charge is -2.18. The van der Waals surface area contributed by atoms with Crippen LogP contribution in [-0.2, 0) is 0 Å². The van der Waals surface area contributed by atoms with Gasteiger partial charge in [0.05, 0.1) is 7.11 Å². The van der Waals surface area contributed by atoms with Crippen molar-refractivity contribution in [3.63, 3.8) is 0 Å². The van der Waals surface area contributed by atoms with E-state index in [1.54, 1.807) is 12.7 Å². The van der Waals surface area contributed by atoms with Crippen LogP contribution in [0.15, 0.2) is 35.9 Å². The number of benzene rings is 1. The van der Waals surface area contributed by atoms with Crippen molar-refractivity contribution in [2.75, 3.05) is 42.3 Å². The summed E-state index contributed by atoms with van der Waals surface area (Å²) >= 11 is 0. The van der Waals surface area contributed by atoms with Crippen molar-refractivity contribution in [2.24, 2.45) is 0 Å². The molecule has 2 aromatic rings. The first-order valence-electron chi connectivity index (χ1n) is 10.6. The minimum absolute atomic E-state index is 0.562. The SMILES string of the molecule is COc1ccc(Nc2nc(NCCC3=CCCCC3)nc(N3CCCC3)n2)cc1. The lowest BCUT2D eigenvalue weighted by atomic mass is 9.97. The van der Waals surface area contributed by atoms with E-state index in [2.05, 4.69) is 36.6 Å². The second kappa shape index (κ2) is 9.58. The quantitative estimate of drug-likeness (QED) is 0.637. The van der Waals surface area contributed by atoms with E-state index in [0.29, 0.717) is 11.9 Å². The van der Waals surface area contributed by atoms with Gasteiger partial charge in [-0.15, -0.1) is 0 Å². The second-order valence-electron chi connectivity index (χ2n) is 7.62. The molecule has 2 aliphatic rings. The Labute approximate surface area is 172 Å². The maximum atomic E-state index is 5.23. The van der Waals surface area contributed by atoms with Crippen molar-refractivity contribution in [3.8, 4) is 5.75 Å². The molecule has 0 atom stereocenters. The third-order valence-corrected chi connectivity index (χ3v) is 5.47. The van der Waals surface area contributed by atoms with Crippen LogP contribution in [0.1, 0.15) is 44.9 Å². The third kappa shape index (κ3) is 5.37. The van der Waals surface area contributed by atoms with Gasteiger partial charge in [0.15, 0.2) is 0 Å². The largest absolute Gasteiger partial charge is 0.497 e. The third-order valence-electron chi connectivity index (χ3n) is 5.47. The maximum Gasteiger partial charge on any atom is 0.233 e. The summed E-state index contributed by atoms with van der Waals surface area (Å²) in [6.45, 7) is 2.84. The zero-order chi connectivity index (χ0) is 19.9. The van der Waals surface area contributed by atoms with Gasteiger partial charge in [-0.25, -0.2) is 0 Å². The molecule has 29 heavy (non-hydrogen) atoms. The van der Waals surface area contributed by atoms with Crippen molar-refractivity contribution in [1.29, 1.82) is 0 Å². The molecule has 4 rings (SSSR count). The molecule has 1 fully saturated rings. The Kier molecular flexibility index (Phi) is 6.44. The van der Waals surface area contributed by atoms with Crippen LogP contribution < -0.4 is 20.3 Å². The van der Waals surface area contributed by atoms with Crippen LogP contribution in [0.5, 0.6) is 5.75 Å². The van der Waals surface area contributed by atoms with E-state index in [9.17, 15) is 0 Å². The zero-order valence-corrected chi connectivity index (χ0v) is 17.2. The van der Waals surface area contributed by atoms with Crippen LogP contribution in [0, 0.1) is 0 Å². The Bertz CT molecular complexity index is 830. The van der Waals surface area contributed by atoms with Gasteiger partial charge in [-0.1, -0.05) is 11.6 Å². The summed E-state index contributed by atoms with van der Waals surface area (Å²) < 4.78 is 5.23. The van der Waals surface area contributed by atoms with E-state index in [0.717, 1.165) is 43.4 Å². The molecule has 2 N–H and O–H groups in total. The Morgan fingerprint density at radius 3 is 2.48 bits per heavy atom. The highest BCUT2D eigenvalue weighted by Crippen LogP contribution is 2.23. The first kappa shape index (κ1) is 19.5. The van der Waals surface area contributed by atoms with Crippen LogP contribution in [0.2, 0.25) is 0 Å². The predicted molar refractivity (Wildman–Crippen MR) is 117 cm³/mol. The zero-order valence-electron chi connectivity index (χ0n) is 17.2. The van der Waals surface area contributed by atoms with Crippen molar-refractivity contribution >= 4 is 23.5 Å². The van der Waals surface area contributed by atoms with E-state index in [1.165, 1.54) is 38.5 Å². The Morgan fingerprint density at radius 2 is 1.76 bits per heavy atom. The number of nitrogens with one attached hydrogen (secondary N) is 2. The van der Waals surface area contributed by atoms with Crippen molar-refractivity contribution in [3.05, 3.63) is 35.9 Å². The van der Waals surface area contributed by atoms with Gasteiger partial charge in [-0.05, 0) is 69.2 Å². The number of allylic oxidation sites excluding steroid dienone is 1. The molecule has 0 unspecified atom stereocenters. The summed E-state index contributed by atoms with van der Waals surface area (Å²) in [5.74, 6) is 2.76. The molecule has 0 bridgehead atoms. The molecule has 1 aromatic carbocycles. The van der Waals surface area contributed by atoms with E-state index < -0.39 is 0 Å². The number of aromatic nitrogens is 3. The van der Waals surface area contributed by atoms with E-state index >= 15 is 0 Å². The first-order chi connectivity index (χ1) is 14.3. The van der Waals surface area contributed by atoms with Gasteiger partial charge in [0, 0.05) is 25.3 Å². The molecule has 1 aliphatic carbocycles. The van der Waals surface area contributed by atoms with Gasteiger partial charge < -0.3 is 20.3 Å². The van der Waals surface area contributed by atoms with Gasteiger partial charge in [0.25, 0.3) is 0 Å². The van der Waals surface area contributed by atoms with Crippen LogP contribution in [0.4, 0.5) is 23.5 Å². The highest BCUT2D eigenvalue weighted by Gasteiger charge is 2.17. The number of hydrogen-bond acceptors (Lipinski definition) is 7. The van der Waals surface area contributed by atoms with Gasteiger partial charge in [-0.2, -0.15) is 15.0 Å². The maximum absolute atomic E-state index is 5.23. The Balaban J connectivity index is 1.47. The first-order valence-corrected chi connectivity index (χ1v) is 10.6. The molecular weight excluding hydrogens is 364 g/mol. The summed E-state index contributed by atoms with van der Waals surface area (Å²) in [5, 5.41) is 6.71. The highest BCUT2D eigenvalue weighted by atomic mass is 16.5. The van der Waals surface area contributed by atoms with Crippen molar-refractivity contribution in [1.82, 2.24) is 15.0 Å². The average Bonchev–Trinajstić information content (AvgIpc) is 3.30. The van der Waals surface area contributed by atoms with E-state index in [4.69, 9.17) is 4.74 Å².